The van der Waals surface area contributed by atoms with Crippen molar-refractivity contribution in [3.05, 3.63) is 79.9 Å². The molecule has 29 heavy (non-hydrogen) atoms. The van der Waals surface area contributed by atoms with E-state index < -0.39 is 20.7 Å². The molecule has 1 N–H and O–H groups in total. The summed E-state index contributed by atoms with van der Waals surface area (Å²) in [6, 6.07) is 12.4. The van der Waals surface area contributed by atoms with Crippen LogP contribution in [-0.2, 0) is 21.3 Å². The Morgan fingerprint density at radius 1 is 1.14 bits per heavy atom. The summed E-state index contributed by atoms with van der Waals surface area (Å²) in [5.41, 5.74) is 1.52. The van der Waals surface area contributed by atoms with E-state index in [0.29, 0.717) is 27.0 Å². The van der Waals surface area contributed by atoms with E-state index in [9.17, 15) is 23.3 Å². The monoisotopic (exact) mass is 476 g/mol. The Kier molecular flexibility index (Phi) is 4.71. The van der Waals surface area contributed by atoms with Gasteiger partial charge >= 0.3 is 0 Å². The first-order chi connectivity index (χ1) is 13.7. The van der Waals surface area contributed by atoms with Crippen molar-refractivity contribution in [1.82, 2.24) is 9.78 Å². The minimum atomic E-state index is -3.34. The number of fused-ring (bicyclic) bond motifs is 1. The van der Waals surface area contributed by atoms with E-state index in [0.717, 1.165) is 0 Å². The Hall–Kier alpha value is -3.05. The quantitative estimate of drug-likeness (QED) is 0.455. The second-order valence-corrected chi connectivity index (χ2v) is 9.34. The fraction of sp³-hybridized carbons (Fsp3) is 0.111. The molecule has 148 valence electrons. The van der Waals surface area contributed by atoms with Crippen molar-refractivity contribution in [1.29, 1.82) is 0 Å². The highest BCUT2D eigenvalue weighted by atomic mass is 79.9. The number of sulfone groups is 1. The second-order valence-electron chi connectivity index (χ2n) is 6.43. The number of anilines is 1. The largest absolute Gasteiger partial charge is 0.306 e. The summed E-state index contributed by atoms with van der Waals surface area (Å²) in [7, 11) is -3.34. The Balaban J connectivity index is 1.78. The number of halogens is 1. The smallest absolute Gasteiger partial charge is 0.269 e. The number of nitrogens with one attached hydrogen (secondary N) is 1. The maximum Gasteiger partial charge on any atom is 0.269 e. The standard InChI is InChI=1S/C18H13BrN4O5S/c19-15-4-2-1-3-13(15)18(24)20-17-14-9-29(27,28)10-16(14)21-22(17)11-5-7-12(8-6-11)23(25)26/h1-8H,9-10H2,(H,20,24). The van der Waals surface area contributed by atoms with E-state index in [1.165, 1.54) is 28.9 Å². The molecule has 0 fully saturated rings. The number of aromatic nitrogens is 2. The van der Waals surface area contributed by atoms with Crippen LogP contribution < -0.4 is 5.32 Å². The molecule has 9 nitrogen and oxygen atoms in total. The van der Waals surface area contributed by atoms with E-state index in [2.05, 4.69) is 26.3 Å². The molecule has 0 bridgehead atoms. The van der Waals surface area contributed by atoms with E-state index in [1.54, 1.807) is 24.3 Å². The van der Waals surface area contributed by atoms with Gasteiger partial charge in [0.15, 0.2) is 9.84 Å². The Labute approximate surface area is 173 Å². The first kappa shape index (κ1) is 19.3. The van der Waals surface area contributed by atoms with Crippen molar-refractivity contribution in [2.24, 2.45) is 0 Å². The van der Waals surface area contributed by atoms with Crippen LogP contribution in [0.3, 0.4) is 0 Å². The Morgan fingerprint density at radius 2 is 1.83 bits per heavy atom. The molecular formula is C18H13BrN4O5S. The molecule has 0 saturated carbocycles. The molecule has 1 aliphatic heterocycles. The zero-order valence-corrected chi connectivity index (χ0v) is 17.1. The van der Waals surface area contributed by atoms with Crippen molar-refractivity contribution in [3.63, 3.8) is 0 Å². The fourth-order valence-electron chi connectivity index (χ4n) is 3.09. The van der Waals surface area contributed by atoms with Gasteiger partial charge in [0.05, 0.1) is 33.4 Å². The molecule has 1 aliphatic rings. The number of carbonyl (C=O) groups excluding carboxylic acids is 1. The van der Waals surface area contributed by atoms with E-state index >= 15 is 0 Å². The predicted octanol–water partition coefficient (Wildman–Crippen LogP) is 3.22. The number of hydrogen-bond donors (Lipinski definition) is 1. The van der Waals surface area contributed by atoms with E-state index in [4.69, 9.17) is 0 Å². The number of amides is 1. The van der Waals surface area contributed by atoms with Gasteiger partial charge in [-0.3, -0.25) is 14.9 Å². The minimum Gasteiger partial charge on any atom is -0.306 e. The number of non-ortho nitro benzene ring substituents is 1. The first-order valence-corrected chi connectivity index (χ1v) is 11.0. The third-order valence-electron chi connectivity index (χ3n) is 4.44. The average Bonchev–Trinajstić information content (AvgIpc) is 3.14. The third-order valence-corrected chi connectivity index (χ3v) is 6.58. The number of nitrogens with zero attached hydrogens (tertiary/aromatic N) is 3. The number of hydrogen-bond acceptors (Lipinski definition) is 6. The topological polar surface area (TPSA) is 124 Å². The van der Waals surface area contributed by atoms with Crippen LogP contribution in [0.1, 0.15) is 21.6 Å². The molecule has 0 spiro atoms. The molecule has 0 aliphatic carbocycles. The molecular weight excluding hydrogens is 464 g/mol. The van der Waals surface area contributed by atoms with Gasteiger partial charge in [-0.15, -0.1) is 0 Å². The summed E-state index contributed by atoms with van der Waals surface area (Å²) in [4.78, 5) is 23.2. The predicted molar refractivity (Wildman–Crippen MR) is 109 cm³/mol. The lowest BCUT2D eigenvalue weighted by Gasteiger charge is -2.12. The van der Waals surface area contributed by atoms with Crippen LogP contribution >= 0.6 is 15.9 Å². The second kappa shape index (κ2) is 7.08. The number of benzene rings is 2. The SMILES string of the molecule is O=C(Nc1c2c(nn1-c1ccc([N+](=O)[O-])cc1)CS(=O)(=O)C2)c1ccccc1Br. The summed E-state index contributed by atoms with van der Waals surface area (Å²) >= 11 is 3.32. The molecule has 4 rings (SSSR count). The molecule has 2 aromatic carbocycles. The fourth-order valence-corrected chi connectivity index (χ4v) is 5.05. The summed E-state index contributed by atoms with van der Waals surface area (Å²) < 4.78 is 26.1. The highest BCUT2D eigenvalue weighted by Gasteiger charge is 2.33. The van der Waals surface area contributed by atoms with Crippen LogP contribution in [0.25, 0.3) is 5.69 Å². The molecule has 2 heterocycles. The van der Waals surface area contributed by atoms with Gasteiger partial charge in [-0.1, -0.05) is 12.1 Å². The Bertz CT molecular complexity index is 1250. The molecule has 11 heteroatoms. The van der Waals surface area contributed by atoms with Gasteiger partial charge in [-0.25, -0.2) is 13.1 Å². The van der Waals surface area contributed by atoms with E-state index in [1.807, 2.05) is 0 Å². The lowest BCUT2D eigenvalue weighted by Crippen LogP contribution is -2.17. The molecule has 3 aromatic rings. The summed E-state index contributed by atoms with van der Waals surface area (Å²) in [6.45, 7) is 0. The molecule has 0 unspecified atom stereocenters. The van der Waals surface area contributed by atoms with Crippen molar-refractivity contribution in [3.8, 4) is 5.69 Å². The van der Waals surface area contributed by atoms with Crippen molar-refractivity contribution < 1.29 is 18.1 Å². The van der Waals surface area contributed by atoms with Gasteiger partial charge in [0.25, 0.3) is 11.6 Å². The van der Waals surface area contributed by atoms with Gasteiger partial charge < -0.3 is 5.32 Å². The number of nitro groups is 1. The van der Waals surface area contributed by atoms with Gasteiger partial charge in [0.2, 0.25) is 0 Å². The van der Waals surface area contributed by atoms with Gasteiger partial charge in [-0.05, 0) is 40.2 Å². The number of rotatable bonds is 4. The van der Waals surface area contributed by atoms with Crippen LogP contribution in [0.5, 0.6) is 0 Å². The van der Waals surface area contributed by atoms with Crippen molar-refractivity contribution >= 4 is 43.2 Å². The molecule has 0 atom stereocenters. The average molecular weight is 477 g/mol. The normalized spacial score (nSPS) is 14.4. The summed E-state index contributed by atoms with van der Waals surface area (Å²) in [5, 5.41) is 18.0. The highest BCUT2D eigenvalue weighted by Crippen LogP contribution is 2.33. The Morgan fingerprint density at radius 3 is 2.48 bits per heavy atom. The first-order valence-electron chi connectivity index (χ1n) is 8.37. The minimum absolute atomic E-state index is 0.0881. The maximum absolute atomic E-state index is 12.8. The van der Waals surface area contributed by atoms with E-state index in [-0.39, 0.29) is 23.0 Å². The lowest BCUT2D eigenvalue weighted by molar-refractivity contribution is -0.384. The van der Waals surface area contributed by atoms with Gasteiger partial charge in [0.1, 0.15) is 5.82 Å². The van der Waals surface area contributed by atoms with Crippen molar-refractivity contribution in [2.75, 3.05) is 5.32 Å². The maximum atomic E-state index is 12.8. The molecule has 1 aromatic heterocycles. The van der Waals surface area contributed by atoms with Crippen LogP contribution in [0.15, 0.2) is 53.0 Å². The summed E-state index contributed by atoms with van der Waals surface area (Å²) in [5.74, 6) is -0.663. The molecule has 0 saturated heterocycles. The summed E-state index contributed by atoms with van der Waals surface area (Å²) in [6.07, 6.45) is 0. The van der Waals surface area contributed by atoms with Crippen LogP contribution in [0.2, 0.25) is 0 Å². The van der Waals surface area contributed by atoms with Gasteiger partial charge in [0, 0.05) is 22.2 Å². The van der Waals surface area contributed by atoms with Crippen LogP contribution in [0, 0.1) is 10.1 Å². The van der Waals surface area contributed by atoms with Gasteiger partial charge in [-0.2, -0.15) is 5.10 Å². The van der Waals surface area contributed by atoms with Crippen LogP contribution in [-0.4, -0.2) is 29.0 Å². The number of nitro benzene ring substituents is 1. The molecule has 1 amide bonds. The number of carbonyl (C=O) groups is 1. The third kappa shape index (κ3) is 3.66. The molecule has 0 radical (unpaired) electrons. The van der Waals surface area contributed by atoms with Crippen molar-refractivity contribution in [2.45, 2.75) is 11.5 Å². The zero-order valence-electron chi connectivity index (χ0n) is 14.7. The lowest BCUT2D eigenvalue weighted by atomic mass is 10.2. The highest BCUT2D eigenvalue weighted by molar-refractivity contribution is 9.10. The zero-order chi connectivity index (χ0) is 20.8. The van der Waals surface area contributed by atoms with Crippen LogP contribution in [0.4, 0.5) is 11.5 Å².